The molecule has 1 aliphatic heterocycles. The molecule has 1 aromatic heterocycles. The van der Waals surface area contributed by atoms with Crippen LogP contribution in [0.4, 0.5) is 5.69 Å². The molecule has 8 nitrogen and oxygen atoms in total. The molecular formula is C17H19N3O5. The molecule has 0 bridgehead atoms. The molecule has 3 rings (SSSR count). The van der Waals surface area contributed by atoms with E-state index in [-0.39, 0.29) is 13.2 Å². The van der Waals surface area contributed by atoms with Crippen molar-refractivity contribution in [3.8, 4) is 0 Å². The zero-order valence-electron chi connectivity index (χ0n) is 13.6. The van der Waals surface area contributed by atoms with Crippen molar-refractivity contribution in [1.29, 1.82) is 0 Å². The largest absolute Gasteiger partial charge is 0.459 e. The van der Waals surface area contributed by atoms with Gasteiger partial charge in [0.1, 0.15) is 18.8 Å². The van der Waals surface area contributed by atoms with E-state index in [0.717, 1.165) is 10.1 Å². The first kappa shape index (κ1) is 17.0. The highest BCUT2D eigenvalue weighted by Crippen LogP contribution is 2.08. The lowest BCUT2D eigenvalue weighted by atomic mass is 10.2. The molecule has 2 heterocycles. The molecule has 1 aromatic carbocycles. The lowest BCUT2D eigenvalue weighted by molar-refractivity contribution is -0.145. The third-order valence-corrected chi connectivity index (χ3v) is 3.89. The van der Waals surface area contributed by atoms with Gasteiger partial charge in [-0.05, 0) is 5.56 Å². The second-order valence-electron chi connectivity index (χ2n) is 5.65. The van der Waals surface area contributed by atoms with Gasteiger partial charge in [-0.15, -0.1) is 0 Å². The van der Waals surface area contributed by atoms with E-state index < -0.39 is 17.2 Å². The topological polar surface area (TPSA) is 93.6 Å². The molecular weight excluding hydrogens is 326 g/mol. The van der Waals surface area contributed by atoms with Crippen LogP contribution in [-0.2, 0) is 27.4 Å². The number of carbonyl (C=O) groups excluding carboxylic acids is 1. The van der Waals surface area contributed by atoms with Crippen molar-refractivity contribution in [2.45, 2.75) is 13.2 Å². The summed E-state index contributed by atoms with van der Waals surface area (Å²) in [5.74, 6) is -0.550. The molecule has 1 aliphatic rings. The fourth-order valence-electron chi connectivity index (χ4n) is 2.57. The number of aromatic amines is 1. The van der Waals surface area contributed by atoms with Crippen molar-refractivity contribution < 1.29 is 14.3 Å². The van der Waals surface area contributed by atoms with E-state index in [1.807, 2.05) is 35.2 Å². The van der Waals surface area contributed by atoms with Gasteiger partial charge in [0.25, 0.3) is 5.56 Å². The van der Waals surface area contributed by atoms with Gasteiger partial charge in [-0.1, -0.05) is 30.3 Å². The summed E-state index contributed by atoms with van der Waals surface area (Å²) in [5, 5.41) is 0. The number of anilines is 1. The van der Waals surface area contributed by atoms with E-state index in [0.29, 0.717) is 32.0 Å². The van der Waals surface area contributed by atoms with E-state index in [2.05, 4.69) is 4.98 Å². The number of benzene rings is 1. The second-order valence-corrected chi connectivity index (χ2v) is 5.65. The van der Waals surface area contributed by atoms with E-state index in [9.17, 15) is 14.4 Å². The number of morpholine rings is 1. The van der Waals surface area contributed by atoms with Gasteiger partial charge in [0.2, 0.25) is 0 Å². The van der Waals surface area contributed by atoms with Crippen LogP contribution in [0.3, 0.4) is 0 Å². The van der Waals surface area contributed by atoms with Crippen LogP contribution in [0, 0.1) is 0 Å². The summed E-state index contributed by atoms with van der Waals surface area (Å²) in [6.07, 6.45) is 1.40. The molecule has 1 fully saturated rings. The zero-order valence-corrected chi connectivity index (χ0v) is 13.6. The number of ether oxygens (including phenoxy) is 2. The first-order valence-corrected chi connectivity index (χ1v) is 7.99. The molecule has 0 amide bonds. The molecule has 0 spiro atoms. The summed E-state index contributed by atoms with van der Waals surface area (Å²) in [6, 6.07) is 9.26. The average Bonchev–Trinajstić information content (AvgIpc) is 2.64. The highest BCUT2D eigenvalue weighted by atomic mass is 16.5. The van der Waals surface area contributed by atoms with Crippen LogP contribution in [0.25, 0.3) is 0 Å². The molecule has 0 radical (unpaired) electrons. The van der Waals surface area contributed by atoms with Gasteiger partial charge in [-0.25, -0.2) is 4.79 Å². The van der Waals surface area contributed by atoms with Crippen molar-refractivity contribution >= 4 is 11.7 Å². The number of rotatable bonds is 5. The second kappa shape index (κ2) is 7.80. The normalized spacial score (nSPS) is 14.3. The van der Waals surface area contributed by atoms with Gasteiger partial charge in [-0.3, -0.25) is 19.1 Å². The number of esters is 1. The average molecular weight is 345 g/mol. The molecule has 0 unspecified atom stereocenters. The van der Waals surface area contributed by atoms with Gasteiger partial charge < -0.3 is 14.4 Å². The Morgan fingerprint density at radius 2 is 1.88 bits per heavy atom. The molecule has 1 saturated heterocycles. The molecule has 25 heavy (non-hydrogen) atoms. The van der Waals surface area contributed by atoms with Crippen molar-refractivity contribution in [2.24, 2.45) is 0 Å². The van der Waals surface area contributed by atoms with E-state index in [1.165, 1.54) is 6.20 Å². The number of aromatic nitrogens is 2. The molecule has 0 saturated carbocycles. The summed E-state index contributed by atoms with van der Waals surface area (Å²) in [4.78, 5) is 40.0. The highest BCUT2D eigenvalue weighted by molar-refractivity contribution is 5.69. The maximum atomic E-state index is 12.0. The monoisotopic (exact) mass is 345 g/mol. The van der Waals surface area contributed by atoms with Crippen molar-refractivity contribution in [3.63, 3.8) is 0 Å². The Hall–Kier alpha value is -2.87. The van der Waals surface area contributed by atoms with Gasteiger partial charge in [0, 0.05) is 19.3 Å². The lowest BCUT2D eigenvalue weighted by Crippen LogP contribution is -2.42. The fourth-order valence-corrected chi connectivity index (χ4v) is 2.57. The van der Waals surface area contributed by atoms with Crippen molar-refractivity contribution in [2.75, 3.05) is 31.2 Å². The number of hydrogen-bond acceptors (Lipinski definition) is 6. The number of H-pyrrole nitrogens is 1. The van der Waals surface area contributed by atoms with Crippen molar-refractivity contribution in [3.05, 3.63) is 62.9 Å². The van der Waals surface area contributed by atoms with Crippen LogP contribution in [0.2, 0.25) is 0 Å². The predicted octanol–water partition coefficient (Wildman–Crippen LogP) is 0.117. The number of hydrogen-bond donors (Lipinski definition) is 1. The molecule has 0 atom stereocenters. The van der Waals surface area contributed by atoms with Crippen LogP contribution < -0.4 is 16.1 Å². The summed E-state index contributed by atoms with van der Waals surface area (Å²) in [6.45, 7) is 2.00. The minimum Gasteiger partial charge on any atom is -0.459 e. The SMILES string of the molecule is O=C(Cn1cc(N2CCOCC2)c(=O)[nH]c1=O)OCc1ccccc1. The third-order valence-electron chi connectivity index (χ3n) is 3.89. The number of nitrogens with one attached hydrogen (secondary N) is 1. The number of nitrogens with zero attached hydrogens (tertiary/aromatic N) is 2. The first-order chi connectivity index (χ1) is 12.1. The van der Waals surface area contributed by atoms with Gasteiger partial charge >= 0.3 is 11.7 Å². The zero-order chi connectivity index (χ0) is 17.6. The molecule has 2 aromatic rings. The Morgan fingerprint density at radius 1 is 1.16 bits per heavy atom. The van der Waals surface area contributed by atoms with Crippen molar-refractivity contribution in [1.82, 2.24) is 9.55 Å². The molecule has 132 valence electrons. The van der Waals surface area contributed by atoms with E-state index in [1.54, 1.807) is 0 Å². The summed E-state index contributed by atoms with van der Waals surface area (Å²) in [5.41, 5.74) is 0.0944. The third kappa shape index (κ3) is 4.36. The maximum Gasteiger partial charge on any atom is 0.328 e. The Morgan fingerprint density at radius 3 is 2.60 bits per heavy atom. The van der Waals surface area contributed by atoms with Gasteiger partial charge in [-0.2, -0.15) is 0 Å². The first-order valence-electron chi connectivity index (χ1n) is 7.99. The van der Waals surface area contributed by atoms with Crippen LogP contribution >= 0.6 is 0 Å². The van der Waals surface area contributed by atoms with E-state index >= 15 is 0 Å². The summed E-state index contributed by atoms with van der Waals surface area (Å²) in [7, 11) is 0. The summed E-state index contributed by atoms with van der Waals surface area (Å²) >= 11 is 0. The quantitative estimate of drug-likeness (QED) is 0.774. The Bertz CT molecular complexity index is 837. The smallest absolute Gasteiger partial charge is 0.328 e. The number of carbonyl (C=O) groups is 1. The minimum absolute atomic E-state index is 0.133. The predicted molar refractivity (Wildman–Crippen MR) is 90.6 cm³/mol. The molecule has 1 N–H and O–H groups in total. The highest BCUT2D eigenvalue weighted by Gasteiger charge is 2.17. The fraction of sp³-hybridized carbons (Fsp3) is 0.353. The summed E-state index contributed by atoms with van der Waals surface area (Å²) < 4.78 is 11.6. The molecule has 0 aliphatic carbocycles. The maximum absolute atomic E-state index is 12.0. The van der Waals surface area contributed by atoms with Crippen LogP contribution in [-0.4, -0.2) is 41.8 Å². The Kier molecular flexibility index (Phi) is 5.30. The lowest BCUT2D eigenvalue weighted by Gasteiger charge is -2.28. The van der Waals surface area contributed by atoms with Crippen LogP contribution in [0.15, 0.2) is 46.1 Å². The standard InChI is InChI=1S/C17H19N3O5/c21-15(25-12-13-4-2-1-3-5-13)11-20-10-14(16(22)18-17(20)23)19-6-8-24-9-7-19/h1-5,10H,6-9,11-12H2,(H,18,22,23). The Balaban J connectivity index is 1.69. The molecule has 8 heteroatoms. The van der Waals surface area contributed by atoms with Crippen LogP contribution in [0.1, 0.15) is 5.56 Å². The Labute approximate surface area is 143 Å². The van der Waals surface area contributed by atoms with Gasteiger partial charge in [0.15, 0.2) is 0 Å². The van der Waals surface area contributed by atoms with E-state index in [4.69, 9.17) is 9.47 Å². The van der Waals surface area contributed by atoms with Gasteiger partial charge in [0.05, 0.1) is 13.2 Å². The minimum atomic E-state index is -0.640. The van der Waals surface area contributed by atoms with Crippen LogP contribution in [0.5, 0.6) is 0 Å².